The molecule has 0 radical (unpaired) electrons. The molecule has 0 saturated heterocycles. The highest BCUT2D eigenvalue weighted by Crippen LogP contribution is 2.29. The molecule has 0 amide bonds. The SMILES string of the molecule is CN=C(NCCc1cnn(C)c1)NCC(O)c1cc2ccccc2s1. The summed E-state index contributed by atoms with van der Waals surface area (Å²) in [6, 6.07) is 10.2. The molecule has 2 heterocycles. The maximum atomic E-state index is 10.4. The zero-order valence-corrected chi connectivity index (χ0v) is 15.3. The van der Waals surface area contributed by atoms with Gasteiger partial charge in [-0.25, -0.2) is 0 Å². The van der Waals surface area contributed by atoms with Gasteiger partial charge in [-0.15, -0.1) is 11.3 Å². The summed E-state index contributed by atoms with van der Waals surface area (Å²) in [4.78, 5) is 5.16. The van der Waals surface area contributed by atoms with Crippen molar-refractivity contribution >= 4 is 27.4 Å². The molecule has 1 unspecified atom stereocenters. The van der Waals surface area contributed by atoms with Gasteiger partial charge in [0, 0.05) is 43.0 Å². The average molecular weight is 357 g/mol. The van der Waals surface area contributed by atoms with Crippen LogP contribution >= 0.6 is 11.3 Å². The van der Waals surface area contributed by atoms with Crippen LogP contribution in [-0.4, -0.2) is 41.0 Å². The third kappa shape index (κ3) is 4.58. The van der Waals surface area contributed by atoms with E-state index in [2.05, 4.69) is 32.9 Å². The van der Waals surface area contributed by atoms with Gasteiger partial charge in [0.05, 0.1) is 6.20 Å². The highest BCUT2D eigenvalue weighted by molar-refractivity contribution is 7.19. The number of rotatable bonds is 6. The molecule has 1 aromatic carbocycles. The number of benzene rings is 1. The first-order chi connectivity index (χ1) is 12.2. The van der Waals surface area contributed by atoms with Crippen LogP contribution < -0.4 is 10.6 Å². The molecule has 2 aromatic heterocycles. The van der Waals surface area contributed by atoms with E-state index in [1.807, 2.05) is 37.6 Å². The van der Waals surface area contributed by atoms with Crippen molar-refractivity contribution in [1.82, 2.24) is 20.4 Å². The molecule has 0 bridgehead atoms. The van der Waals surface area contributed by atoms with E-state index < -0.39 is 6.10 Å². The first-order valence-electron chi connectivity index (χ1n) is 8.24. The molecule has 0 fully saturated rings. The van der Waals surface area contributed by atoms with Crippen LogP contribution in [0.2, 0.25) is 0 Å². The summed E-state index contributed by atoms with van der Waals surface area (Å²) in [6.45, 7) is 1.17. The van der Waals surface area contributed by atoms with Crippen LogP contribution in [0.4, 0.5) is 0 Å². The number of hydrogen-bond donors (Lipinski definition) is 3. The van der Waals surface area contributed by atoms with Gasteiger partial charge in [0.2, 0.25) is 0 Å². The Bertz CT molecular complexity index is 821. The molecule has 0 aliphatic heterocycles. The predicted octanol–water partition coefficient (Wildman–Crippen LogP) is 2.08. The number of aliphatic hydroxyl groups is 1. The van der Waals surface area contributed by atoms with Crippen LogP contribution in [0, 0.1) is 0 Å². The molecular weight excluding hydrogens is 334 g/mol. The Balaban J connectivity index is 1.48. The highest BCUT2D eigenvalue weighted by atomic mass is 32.1. The molecule has 0 aliphatic carbocycles. The number of aliphatic imine (C=N–C) groups is 1. The number of aryl methyl sites for hydroxylation is 1. The van der Waals surface area contributed by atoms with Gasteiger partial charge in [0.1, 0.15) is 6.10 Å². The lowest BCUT2D eigenvalue weighted by atomic mass is 10.2. The molecular formula is C18H23N5OS. The minimum absolute atomic E-state index is 0.416. The molecule has 0 spiro atoms. The second kappa shape index (κ2) is 8.13. The third-order valence-corrected chi connectivity index (χ3v) is 5.14. The summed E-state index contributed by atoms with van der Waals surface area (Å²) >= 11 is 1.62. The van der Waals surface area contributed by atoms with E-state index in [-0.39, 0.29) is 0 Å². The Kier molecular flexibility index (Phi) is 5.67. The smallest absolute Gasteiger partial charge is 0.191 e. The Morgan fingerprint density at radius 3 is 2.92 bits per heavy atom. The fourth-order valence-corrected chi connectivity index (χ4v) is 3.66. The van der Waals surface area contributed by atoms with E-state index in [1.54, 1.807) is 23.1 Å². The van der Waals surface area contributed by atoms with E-state index in [9.17, 15) is 5.11 Å². The maximum Gasteiger partial charge on any atom is 0.191 e. The number of hydrogen-bond acceptors (Lipinski definition) is 4. The quantitative estimate of drug-likeness (QED) is 0.466. The van der Waals surface area contributed by atoms with Gasteiger partial charge in [-0.3, -0.25) is 9.67 Å². The Hall–Kier alpha value is -2.38. The van der Waals surface area contributed by atoms with Crippen molar-refractivity contribution in [2.45, 2.75) is 12.5 Å². The fourth-order valence-electron chi connectivity index (χ4n) is 2.61. The molecule has 3 N–H and O–H groups in total. The number of thiophene rings is 1. The minimum Gasteiger partial charge on any atom is -0.386 e. The van der Waals surface area contributed by atoms with Crippen molar-refractivity contribution in [3.05, 3.63) is 53.2 Å². The molecule has 6 nitrogen and oxygen atoms in total. The number of nitrogens with one attached hydrogen (secondary N) is 2. The number of fused-ring (bicyclic) bond motifs is 1. The number of aromatic nitrogens is 2. The molecule has 25 heavy (non-hydrogen) atoms. The zero-order valence-electron chi connectivity index (χ0n) is 14.4. The lowest BCUT2D eigenvalue weighted by molar-refractivity contribution is 0.184. The van der Waals surface area contributed by atoms with E-state index in [0.29, 0.717) is 12.5 Å². The van der Waals surface area contributed by atoms with Gasteiger partial charge in [0.25, 0.3) is 0 Å². The molecule has 7 heteroatoms. The Morgan fingerprint density at radius 2 is 2.20 bits per heavy atom. The van der Waals surface area contributed by atoms with Crippen molar-refractivity contribution < 1.29 is 5.11 Å². The first-order valence-corrected chi connectivity index (χ1v) is 9.06. The van der Waals surface area contributed by atoms with Gasteiger partial charge in [0.15, 0.2) is 5.96 Å². The fraction of sp³-hybridized carbons (Fsp3) is 0.333. The highest BCUT2D eigenvalue weighted by Gasteiger charge is 2.12. The number of aliphatic hydroxyl groups excluding tert-OH is 1. The van der Waals surface area contributed by atoms with Crippen LogP contribution in [0.25, 0.3) is 10.1 Å². The summed E-state index contributed by atoms with van der Waals surface area (Å²) in [7, 11) is 3.64. The minimum atomic E-state index is -0.561. The summed E-state index contributed by atoms with van der Waals surface area (Å²) in [6.07, 6.45) is 4.17. The summed E-state index contributed by atoms with van der Waals surface area (Å²) in [5.41, 5.74) is 1.18. The average Bonchev–Trinajstić information content (AvgIpc) is 3.23. The monoisotopic (exact) mass is 357 g/mol. The van der Waals surface area contributed by atoms with Crippen LogP contribution in [0.1, 0.15) is 16.5 Å². The second-order valence-corrected chi connectivity index (χ2v) is 6.97. The zero-order chi connectivity index (χ0) is 17.6. The molecule has 0 saturated carbocycles. The number of guanidine groups is 1. The summed E-state index contributed by atoms with van der Waals surface area (Å²) < 4.78 is 2.99. The Morgan fingerprint density at radius 1 is 1.36 bits per heavy atom. The van der Waals surface area contributed by atoms with Crippen molar-refractivity contribution in [2.75, 3.05) is 20.1 Å². The first kappa shape index (κ1) is 17.4. The van der Waals surface area contributed by atoms with E-state index >= 15 is 0 Å². The normalized spacial score (nSPS) is 13.2. The standard InChI is InChI=1S/C18H23N5OS/c1-19-18(20-8-7-13-10-22-23(2)12-13)21-11-15(24)17-9-14-5-3-4-6-16(14)25-17/h3-6,9-10,12,15,24H,7-8,11H2,1-2H3,(H2,19,20,21). The van der Waals surface area contributed by atoms with Crippen LogP contribution in [0.5, 0.6) is 0 Å². The number of nitrogens with zero attached hydrogens (tertiary/aromatic N) is 3. The molecule has 3 rings (SSSR count). The molecule has 0 aliphatic rings. The molecule has 1 atom stereocenters. The van der Waals surface area contributed by atoms with Crippen molar-refractivity contribution in [3.63, 3.8) is 0 Å². The topological polar surface area (TPSA) is 74.5 Å². The molecule has 132 valence electrons. The molecule has 3 aromatic rings. The van der Waals surface area contributed by atoms with Gasteiger partial charge >= 0.3 is 0 Å². The van der Waals surface area contributed by atoms with Crippen molar-refractivity contribution in [2.24, 2.45) is 12.0 Å². The largest absolute Gasteiger partial charge is 0.386 e. The summed E-state index contributed by atoms with van der Waals surface area (Å²) in [5.74, 6) is 0.684. The maximum absolute atomic E-state index is 10.4. The van der Waals surface area contributed by atoms with Gasteiger partial charge in [-0.05, 0) is 29.5 Å². The van der Waals surface area contributed by atoms with Crippen LogP contribution in [-0.2, 0) is 13.5 Å². The Labute approximate surface area is 151 Å². The van der Waals surface area contributed by atoms with E-state index in [1.165, 1.54) is 15.6 Å². The predicted molar refractivity (Wildman–Crippen MR) is 103 cm³/mol. The third-order valence-electron chi connectivity index (χ3n) is 3.92. The lowest BCUT2D eigenvalue weighted by Gasteiger charge is -2.14. The second-order valence-electron chi connectivity index (χ2n) is 5.85. The van der Waals surface area contributed by atoms with E-state index in [0.717, 1.165) is 17.8 Å². The van der Waals surface area contributed by atoms with Gasteiger partial charge in [-0.2, -0.15) is 5.10 Å². The summed E-state index contributed by atoms with van der Waals surface area (Å²) in [5, 5.41) is 22.2. The van der Waals surface area contributed by atoms with Crippen LogP contribution in [0.3, 0.4) is 0 Å². The van der Waals surface area contributed by atoms with Crippen LogP contribution in [0.15, 0.2) is 47.7 Å². The van der Waals surface area contributed by atoms with Crippen molar-refractivity contribution in [1.29, 1.82) is 0 Å². The lowest BCUT2D eigenvalue weighted by Crippen LogP contribution is -2.40. The van der Waals surface area contributed by atoms with Gasteiger partial charge < -0.3 is 15.7 Å². The van der Waals surface area contributed by atoms with E-state index in [4.69, 9.17) is 0 Å². The van der Waals surface area contributed by atoms with Gasteiger partial charge in [-0.1, -0.05) is 18.2 Å². The van der Waals surface area contributed by atoms with Crippen molar-refractivity contribution in [3.8, 4) is 0 Å².